The fourth-order valence-electron chi connectivity index (χ4n) is 6.44. The fraction of sp³-hybridized carbons (Fsp3) is 0.440. The van der Waals surface area contributed by atoms with E-state index in [1.807, 2.05) is 44.4 Å². The Labute approximate surface area is 181 Å². The molecule has 0 radical (unpaired) electrons. The Bertz CT molecular complexity index is 1100. The van der Waals surface area contributed by atoms with E-state index in [9.17, 15) is 9.90 Å². The van der Waals surface area contributed by atoms with Crippen molar-refractivity contribution in [3.05, 3.63) is 70.7 Å². The van der Waals surface area contributed by atoms with E-state index >= 15 is 0 Å². The van der Waals surface area contributed by atoms with Gasteiger partial charge in [-0.15, -0.1) is 0 Å². The molecular weight excluding hydrogens is 392 g/mol. The highest BCUT2D eigenvalue weighted by molar-refractivity contribution is 6.13. The van der Waals surface area contributed by atoms with Gasteiger partial charge >= 0.3 is 0 Å². The molecule has 2 bridgehead atoms. The van der Waals surface area contributed by atoms with Gasteiger partial charge in [-0.25, -0.2) is 0 Å². The third-order valence-electron chi connectivity index (χ3n) is 7.69. The molecule has 1 fully saturated rings. The summed E-state index contributed by atoms with van der Waals surface area (Å²) in [5.41, 5.74) is 1.90. The summed E-state index contributed by atoms with van der Waals surface area (Å²) < 4.78 is 11.6. The maximum Gasteiger partial charge on any atom is 0.266 e. The molecule has 1 N–H and O–H groups in total. The summed E-state index contributed by atoms with van der Waals surface area (Å²) in [4.78, 5) is 15.8. The maximum absolute atomic E-state index is 13.7. The number of benzene rings is 1. The normalized spacial score (nSPS) is 32.9. The molecule has 1 aromatic heterocycles. The Morgan fingerprint density at radius 1 is 1.16 bits per heavy atom. The largest absolute Gasteiger partial charge is 0.512 e. The van der Waals surface area contributed by atoms with Gasteiger partial charge in [0.05, 0.1) is 6.04 Å². The van der Waals surface area contributed by atoms with E-state index in [0.29, 0.717) is 41.3 Å². The third-order valence-corrected chi connectivity index (χ3v) is 7.69. The predicted molar refractivity (Wildman–Crippen MR) is 114 cm³/mol. The van der Waals surface area contributed by atoms with Gasteiger partial charge in [0.25, 0.3) is 5.88 Å². The van der Waals surface area contributed by atoms with Crippen molar-refractivity contribution in [1.29, 1.82) is 0 Å². The molecule has 1 heterocycles. The molecule has 6 heteroatoms. The van der Waals surface area contributed by atoms with Gasteiger partial charge in [-0.05, 0) is 55.4 Å². The molecule has 6 nitrogen and oxygen atoms in total. The number of nitrogens with zero attached hydrogens (tertiary/aromatic N) is 2. The Balaban J connectivity index is 1.41. The first-order chi connectivity index (χ1) is 15.0. The Morgan fingerprint density at radius 2 is 1.94 bits per heavy atom. The Morgan fingerprint density at radius 3 is 2.71 bits per heavy atom. The number of allylic oxidation sites excluding steroid dienone is 3. The molecular formula is C25H26N2O4. The molecule has 0 aliphatic heterocycles. The number of aromatic nitrogens is 1. The molecule has 4 aliphatic carbocycles. The van der Waals surface area contributed by atoms with Crippen LogP contribution < -0.4 is 4.74 Å². The second-order valence-electron chi connectivity index (χ2n) is 9.52. The monoisotopic (exact) mass is 418 g/mol. The molecule has 0 spiro atoms. The standard InChI is InChI=1S/C25H26N2O4/c1-27(2)21-17-11-16-14-8-9-15(10-14)18(16)22(28)19(17)23(29)20-24(21)31-26-25(20)30-12-13-6-4-3-5-7-13/h3-9,14-18,21,28H,10-12H2,1-2H3/t14-,15+,16-,17+,18+,21+/m0/s1. The van der Waals surface area contributed by atoms with E-state index in [1.165, 1.54) is 0 Å². The van der Waals surface area contributed by atoms with Crippen LogP contribution in [0.4, 0.5) is 0 Å². The summed E-state index contributed by atoms with van der Waals surface area (Å²) in [6.07, 6.45) is 6.48. The van der Waals surface area contributed by atoms with Crippen LogP contribution in [0.3, 0.4) is 0 Å². The lowest BCUT2D eigenvalue weighted by atomic mass is 9.63. The molecule has 1 saturated carbocycles. The zero-order valence-electron chi connectivity index (χ0n) is 17.7. The number of hydrogen-bond acceptors (Lipinski definition) is 6. The smallest absolute Gasteiger partial charge is 0.266 e. The molecule has 6 rings (SSSR count). The lowest BCUT2D eigenvalue weighted by Gasteiger charge is -2.43. The van der Waals surface area contributed by atoms with Crippen molar-refractivity contribution in [1.82, 2.24) is 10.1 Å². The highest BCUT2D eigenvalue weighted by Gasteiger charge is 2.56. The van der Waals surface area contributed by atoms with Crippen LogP contribution in [0.1, 0.15) is 40.6 Å². The van der Waals surface area contributed by atoms with Gasteiger partial charge in [0.2, 0.25) is 5.78 Å². The van der Waals surface area contributed by atoms with Crippen LogP contribution in [0, 0.1) is 29.6 Å². The average molecular weight is 418 g/mol. The molecule has 0 unspecified atom stereocenters. The first-order valence-electron chi connectivity index (χ1n) is 11.0. The number of hydrogen-bond donors (Lipinski definition) is 1. The molecule has 1 aromatic carbocycles. The number of ketones is 1. The zero-order valence-corrected chi connectivity index (χ0v) is 17.7. The van der Waals surface area contributed by atoms with Crippen molar-refractivity contribution in [2.75, 3.05) is 14.1 Å². The van der Waals surface area contributed by atoms with Gasteiger partial charge < -0.3 is 14.4 Å². The van der Waals surface area contributed by atoms with Crippen LogP contribution in [0.5, 0.6) is 5.88 Å². The van der Waals surface area contributed by atoms with Gasteiger partial charge in [-0.1, -0.05) is 42.5 Å². The SMILES string of the molecule is CN(C)[C@H]1c2onc(OCc3ccccc3)c2C(=O)C2=C(O)[C@H]3[C@@H](C[C@H]21)[C@H]1C=C[C@@H]3C1. The highest BCUT2D eigenvalue weighted by atomic mass is 16.5. The first-order valence-corrected chi connectivity index (χ1v) is 11.0. The average Bonchev–Trinajstić information content (AvgIpc) is 3.48. The summed E-state index contributed by atoms with van der Waals surface area (Å²) in [7, 11) is 3.97. The molecule has 4 aliphatic rings. The first kappa shape index (κ1) is 18.9. The van der Waals surface area contributed by atoms with E-state index in [2.05, 4.69) is 22.2 Å². The molecule has 0 saturated heterocycles. The number of fused-ring (bicyclic) bond motifs is 7. The van der Waals surface area contributed by atoms with Gasteiger partial charge in [-0.2, -0.15) is 0 Å². The van der Waals surface area contributed by atoms with Crippen molar-refractivity contribution in [2.24, 2.45) is 29.6 Å². The number of ether oxygens (including phenoxy) is 1. The van der Waals surface area contributed by atoms with E-state index in [4.69, 9.17) is 9.26 Å². The second-order valence-corrected chi connectivity index (χ2v) is 9.52. The van der Waals surface area contributed by atoms with Gasteiger partial charge in [0.15, 0.2) is 5.76 Å². The van der Waals surface area contributed by atoms with Crippen molar-refractivity contribution >= 4 is 5.78 Å². The minimum Gasteiger partial charge on any atom is -0.512 e. The van der Waals surface area contributed by atoms with Crippen molar-refractivity contribution < 1.29 is 19.2 Å². The molecule has 31 heavy (non-hydrogen) atoms. The number of carbonyl (C=O) groups is 1. The van der Waals surface area contributed by atoms with Gasteiger partial charge in [0.1, 0.15) is 17.9 Å². The van der Waals surface area contributed by atoms with E-state index in [1.54, 1.807) is 0 Å². The van der Waals surface area contributed by atoms with Gasteiger partial charge in [0, 0.05) is 17.4 Å². The minimum atomic E-state index is -0.190. The van der Waals surface area contributed by atoms with Gasteiger partial charge in [-0.3, -0.25) is 9.69 Å². The molecule has 160 valence electrons. The van der Waals surface area contributed by atoms with Crippen LogP contribution in [0.2, 0.25) is 0 Å². The second kappa shape index (κ2) is 6.82. The van der Waals surface area contributed by atoms with Crippen LogP contribution in [0.15, 0.2) is 58.3 Å². The lowest BCUT2D eigenvalue weighted by molar-refractivity contribution is 0.0821. The summed E-state index contributed by atoms with van der Waals surface area (Å²) in [6.45, 7) is 0.299. The van der Waals surface area contributed by atoms with Crippen LogP contribution in [-0.4, -0.2) is 35.0 Å². The van der Waals surface area contributed by atoms with Crippen LogP contribution in [-0.2, 0) is 6.61 Å². The number of rotatable bonds is 4. The number of Topliss-reactive ketones (excluding diaryl/α,β-unsaturated/α-hetero) is 1. The Kier molecular flexibility index (Phi) is 4.15. The lowest BCUT2D eigenvalue weighted by Crippen LogP contribution is -2.42. The zero-order chi connectivity index (χ0) is 21.3. The Hall–Kier alpha value is -2.86. The summed E-state index contributed by atoms with van der Waals surface area (Å²) in [6, 6.07) is 9.61. The molecule has 6 atom stereocenters. The molecule has 2 aromatic rings. The number of aliphatic hydroxyl groups is 1. The topological polar surface area (TPSA) is 75.8 Å². The predicted octanol–water partition coefficient (Wildman–Crippen LogP) is 4.32. The van der Waals surface area contributed by atoms with Crippen LogP contribution in [0.25, 0.3) is 0 Å². The number of carbonyl (C=O) groups excluding carboxylic acids is 1. The number of aliphatic hydroxyl groups excluding tert-OH is 1. The third kappa shape index (κ3) is 2.67. The van der Waals surface area contributed by atoms with Crippen molar-refractivity contribution in [3.63, 3.8) is 0 Å². The van der Waals surface area contributed by atoms with E-state index in [-0.39, 0.29) is 35.3 Å². The van der Waals surface area contributed by atoms with Crippen molar-refractivity contribution in [2.45, 2.75) is 25.5 Å². The summed E-state index contributed by atoms with van der Waals surface area (Å²) in [5.74, 6) is 2.05. The fourth-order valence-corrected chi connectivity index (χ4v) is 6.44. The maximum atomic E-state index is 13.7. The van der Waals surface area contributed by atoms with E-state index in [0.717, 1.165) is 18.4 Å². The minimum absolute atomic E-state index is 0.0584. The quantitative estimate of drug-likeness (QED) is 0.745. The van der Waals surface area contributed by atoms with Crippen LogP contribution >= 0.6 is 0 Å². The van der Waals surface area contributed by atoms with Crippen molar-refractivity contribution in [3.8, 4) is 5.88 Å². The summed E-state index contributed by atoms with van der Waals surface area (Å²) >= 11 is 0. The highest BCUT2D eigenvalue weighted by Crippen LogP contribution is 2.60. The van der Waals surface area contributed by atoms with E-state index < -0.39 is 0 Å². The summed E-state index contributed by atoms with van der Waals surface area (Å²) in [5, 5.41) is 15.5. The molecule has 0 amide bonds.